The lowest BCUT2D eigenvalue weighted by Gasteiger charge is -2.41. The van der Waals surface area contributed by atoms with Gasteiger partial charge in [-0.15, -0.1) is 11.8 Å². The Kier molecular flexibility index (Phi) is 2.83. The average Bonchev–Trinajstić information content (AvgIpc) is 2.76. The zero-order valence-corrected chi connectivity index (χ0v) is 11.1. The molecule has 2 nitrogen and oxygen atoms in total. The van der Waals surface area contributed by atoms with E-state index in [0.717, 1.165) is 30.2 Å². The molecule has 1 aromatic carbocycles. The maximum atomic E-state index is 12.0. The van der Waals surface area contributed by atoms with Crippen LogP contribution >= 0.6 is 23.4 Å². The van der Waals surface area contributed by atoms with Crippen molar-refractivity contribution in [3.8, 4) is 0 Å². The molecule has 4 heteroatoms. The average molecular weight is 268 g/mol. The maximum Gasteiger partial charge on any atom is 0.223 e. The second kappa shape index (κ2) is 4.21. The second-order valence-corrected chi connectivity index (χ2v) is 6.35. The van der Waals surface area contributed by atoms with Crippen LogP contribution < -0.4 is 0 Å². The summed E-state index contributed by atoms with van der Waals surface area (Å²) < 4.78 is 0. The number of hydrogen-bond donors (Lipinski definition) is 0. The standard InChI is InChI=1S/C13H14ClNOS/c14-11-5-3-10(4-6-11)13-7-1-2-12(16)15(13)8-9-17-13/h3-6H,1-2,7-9H2/t13-/m1/s1. The number of carbonyl (C=O) groups is 1. The fourth-order valence-electron chi connectivity index (χ4n) is 2.81. The van der Waals surface area contributed by atoms with Crippen molar-refractivity contribution >= 4 is 29.3 Å². The van der Waals surface area contributed by atoms with Crippen molar-refractivity contribution in [2.24, 2.45) is 0 Å². The van der Waals surface area contributed by atoms with Crippen molar-refractivity contribution < 1.29 is 4.79 Å². The number of halogens is 1. The summed E-state index contributed by atoms with van der Waals surface area (Å²) in [6.07, 6.45) is 2.76. The van der Waals surface area contributed by atoms with Crippen LogP contribution in [0.5, 0.6) is 0 Å². The van der Waals surface area contributed by atoms with Gasteiger partial charge < -0.3 is 4.90 Å². The predicted octanol–water partition coefficient (Wildman–Crippen LogP) is 3.25. The molecule has 2 aliphatic heterocycles. The van der Waals surface area contributed by atoms with Gasteiger partial charge in [0.15, 0.2) is 0 Å². The molecule has 0 radical (unpaired) electrons. The van der Waals surface area contributed by atoms with Gasteiger partial charge in [0.2, 0.25) is 5.91 Å². The number of thioether (sulfide) groups is 1. The molecule has 0 bridgehead atoms. The molecule has 90 valence electrons. The second-order valence-electron chi connectivity index (χ2n) is 4.54. The first-order valence-corrected chi connectivity index (χ1v) is 7.29. The molecule has 0 aliphatic carbocycles. The third-order valence-corrected chi connectivity index (χ3v) is 5.37. The summed E-state index contributed by atoms with van der Waals surface area (Å²) in [5.41, 5.74) is 1.22. The van der Waals surface area contributed by atoms with Gasteiger partial charge in [0.05, 0.1) is 0 Å². The Hall–Kier alpha value is -0.670. The Balaban J connectivity index is 2.03. The molecule has 0 N–H and O–H groups in total. The maximum absolute atomic E-state index is 12.0. The fourth-order valence-corrected chi connectivity index (χ4v) is 4.48. The number of carbonyl (C=O) groups excluding carboxylic acids is 1. The highest BCUT2D eigenvalue weighted by molar-refractivity contribution is 8.00. The van der Waals surface area contributed by atoms with Crippen molar-refractivity contribution in [3.63, 3.8) is 0 Å². The van der Waals surface area contributed by atoms with Gasteiger partial charge in [-0.2, -0.15) is 0 Å². The number of rotatable bonds is 1. The van der Waals surface area contributed by atoms with E-state index < -0.39 is 0 Å². The van der Waals surface area contributed by atoms with Gasteiger partial charge in [0.25, 0.3) is 0 Å². The Bertz CT molecular complexity index is 447. The first-order chi connectivity index (χ1) is 8.22. The number of hydrogen-bond acceptors (Lipinski definition) is 2. The normalized spacial score (nSPS) is 28.3. The zero-order valence-electron chi connectivity index (χ0n) is 9.49. The quantitative estimate of drug-likeness (QED) is 0.779. The monoisotopic (exact) mass is 267 g/mol. The Morgan fingerprint density at radius 1 is 1.29 bits per heavy atom. The van der Waals surface area contributed by atoms with Gasteiger partial charge in [0.1, 0.15) is 4.87 Å². The third-order valence-electron chi connectivity index (χ3n) is 3.59. The van der Waals surface area contributed by atoms with E-state index in [1.807, 2.05) is 23.9 Å². The first kappa shape index (κ1) is 11.4. The fraction of sp³-hybridized carbons (Fsp3) is 0.462. The van der Waals surface area contributed by atoms with E-state index in [9.17, 15) is 4.79 Å². The number of amides is 1. The van der Waals surface area contributed by atoms with E-state index in [2.05, 4.69) is 17.0 Å². The first-order valence-electron chi connectivity index (χ1n) is 5.93. The van der Waals surface area contributed by atoms with Crippen molar-refractivity contribution in [3.05, 3.63) is 34.9 Å². The number of fused-ring (bicyclic) bond motifs is 1. The smallest absolute Gasteiger partial charge is 0.223 e. The van der Waals surface area contributed by atoms with E-state index in [1.165, 1.54) is 5.56 Å². The van der Waals surface area contributed by atoms with Gasteiger partial charge in [-0.05, 0) is 30.5 Å². The summed E-state index contributed by atoms with van der Waals surface area (Å²) in [7, 11) is 0. The highest BCUT2D eigenvalue weighted by atomic mass is 35.5. The Morgan fingerprint density at radius 2 is 2.06 bits per heavy atom. The third kappa shape index (κ3) is 1.76. The highest BCUT2D eigenvalue weighted by Crippen LogP contribution is 2.50. The van der Waals surface area contributed by atoms with Crippen LogP contribution in [0, 0.1) is 0 Å². The van der Waals surface area contributed by atoms with E-state index in [0.29, 0.717) is 12.3 Å². The molecular weight excluding hydrogens is 254 g/mol. The lowest BCUT2D eigenvalue weighted by atomic mass is 9.94. The lowest BCUT2D eigenvalue weighted by Crippen LogP contribution is -2.46. The van der Waals surface area contributed by atoms with Gasteiger partial charge >= 0.3 is 0 Å². The molecule has 1 aromatic rings. The van der Waals surface area contributed by atoms with Crippen molar-refractivity contribution in [1.82, 2.24) is 4.90 Å². The summed E-state index contributed by atoms with van der Waals surface area (Å²) in [6.45, 7) is 0.881. The van der Waals surface area contributed by atoms with Crippen LogP contribution in [-0.2, 0) is 9.67 Å². The van der Waals surface area contributed by atoms with E-state index >= 15 is 0 Å². The van der Waals surface area contributed by atoms with Gasteiger partial charge in [-0.1, -0.05) is 23.7 Å². The van der Waals surface area contributed by atoms with Crippen LogP contribution in [0.4, 0.5) is 0 Å². The van der Waals surface area contributed by atoms with Crippen molar-refractivity contribution in [2.75, 3.05) is 12.3 Å². The van der Waals surface area contributed by atoms with Crippen LogP contribution in [0.25, 0.3) is 0 Å². The molecule has 3 rings (SSSR count). The minimum Gasteiger partial charge on any atom is -0.323 e. The topological polar surface area (TPSA) is 20.3 Å². The minimum atomic E-state index is -0.111. The molecule has 0 spiro atoms. The number of benzene rings is 1. The Labute approximate surface area is 110 Å². The van der Waals surface area contributed by atoms with Crippen LogP contribution in [0.2, 0.25) is 5.02 Å². The van der Waals surface area contributed by atoms with E-state index in [-0.39, 0.29) is 4.87 Å². The minimum absolute atomic E-state index is 0.111. The van der Waals surface area contributed by atoms with Gasteiger partial charge in [-0.25, -0.2) is 0 Å². The SMILES string of the molecule is O=C1CCC[C@]2(c3ccc(Cl)cc3)SCCN12. The molecule has 2 aliphatic rings. The van der Waals surface area contributed by atoms with Crippen molar-refractivity contribution in [2.45, 2.75) is 24.1 Å². The van der Waals surface area contributed by atoms with E-state index in [1.54, 1.807) is 0 Å². The van der Waals surface area contributed by atoms with Gasteiger partial charge in [-0.3, -0.25) is 4.79 Å². The molecule has 1 amide bonds. The van der Waals surface area contributed by atoms with Crippen molar-refractivity contribution in [1.29, 1.82) is 0 Å². The predicted molar refractivity (Wildman–Crippen MR) is 71.2 cm³/mol. The lowest BCUT2D eigenvalue weighted by molar-refractivity contribution is -0.137. The van der Waals surface area contributed by atoms with Crippen LogP contribution in [0.1, 0.15) is 24.8 Å². The van der Waals surface area contributed by atoms with Crippen LogP contribution in [0.3, 0.4) is 0 Å². The van der Waals surface area contributed by atoms with E-state index in [4.69, 9.17) is 11.6 Å². The molecule has 0 unspecified atom stereocenters. The Morgan fingerprint density at radius 3 is 2.82 bits per heavy atom. The van der Waals surface area contributed by atoms with Crippen LogP contribution in [0.15, 0.2) is 24.3 Å². The summed E-state index contributed by atoms with van der Waals surface area (Å²) in [5.74, 6) is 1.34. The van der Waals surface area contributed by atoms with Gasteiger partial charge in [0, 0.05) is 23.7 Å². The molecule has 2 fully saturated rings. The molecule has 1 atom stereocenters. The summed E-state index contributed by atoms with van der Waals surface area (Å²) >= 11 is 7.83. The molecule has 2 saturated heterocycles. The molecule has 2 heterocycles. The van der Waals surface area contributed by atoms with Crippen LogP contribution in [-0.4, -0.2) is 23.1 Å². The zero-order chi connectivity index (χ0) is 11.9. The molecule has 0 saturated carbocycles. The summed E-state index contributed by atoms with van der Waals surface area (Å²) in [6, 6.07) is 7.96. The molecule has 17 heavy (non-hydrogen) atoms. The molecular formula is C13H14ClNOS. The number of nitrogens with zero attached hydrogens (tertiary/aromatic N) is 1. The highest BCUT2D eigenvalue weighted by Gasteiger charge is 2.47. The summed E-state index contributed by atoms with van der Waals surface area (Å²) in [4.78, 5) is 14.0. The number of piperidine rings is 1. The molecule has 0 aromatic heterocycles. The largest absolute Gasteiger partial charge is 0.323 e. The summed E-state index contributed by atoms with van der Waals surface area (Å²) in [5, 5.41) is 0.752.